The largest absolute Gasteiger partial charge is 0.493 e. The molecule has 0 amide bonds. The fourth-order valence-electron chi connectivity index (χ4n) is 1.82. The van der Waals surface area contributed by atoms with Crippen LogP contribution in [-0.4, -0.2) is 20.0 Å². The summed E-state index contributed by atoms with van der Waals surface area (Å²) >= 11 is 8.92. The van der Waals surface area contributed by atoms with Crippen LogP contribution in [0.3, 0.4) is 0 Å². The minimum Gasteiger partial charge on any atom is -0.493 e. The Hall–Kier alpha value is -1.59. The van der Waals surface area contributed by atoms with Crippen LogP contribution in [0, 0.1) is 5.82 Å². The molecule has 0 fully saturated rings. The van der Waals surface area contributed by atoms with E-state index in [1.807, 2.05) is 0 Å². The van der Waals surface area contributed by atoms with E-state index in [4.69, 9.17) is 21.1 Å². The van der Waals surface area contributed by atoms with Gasteiger partial charge in [-0.3, -0.25) is 4.79 Å². The lowest BCUT2D eigenvalue weighted by Crippen LogP contribution is -2.04. The summed E-state index contributed by atoms with van der Waals surface area (Å²) in [6.45, 7) is 0. The van der Waals surface area contributed by atoms with Crippen molar-refractivity contribution in [3.05, 3.63) is 56.8 Å². The average molecular weight is 374 g/mol. The summed E-state index contributed by atoms with van der Waals surface area (Å²) in [7, 11) is 2.97. The first-order valence-corrected chi connectivity index (χ1v) is 7.06. The van der Waals surface area contributed by atoms with Crippen LogP contribution in [-0.2, 0) is 0 Å². The van der Waals surface area contributed by atoms with Gasteiger partial charge in [-0.25, -0.2) is 4.39 Å². The van der Waals surface area contributed by atoms with Crippen LogP contribution in [0.4, 0.5) is 4.39 Å². The van der Waals surface area contributed by atoms with E-state index < -0.39 is 5.82 Å². The molecule has 2 aromatic rings. The SMILES string of the molecule is COc1cc(Br)c(C(=O)c2ccc(Cl)c(F)c2)cc1OC. The maximum atomic E-state index is 13.5. The van der Waals surface area contributed by atoms with Crippen LogP contribution >= 0.6 is 27.5 Å². The Morgan fingerprint density at radius 2 is 1.76 bits per heavy atom. The fourth-order valence-corrected chi connectivity index (χ4v) is 2.44. The minimum absolute atomic E-state index is 0.0297. The van der Waals surface area contributed by atoms with E-state index in [0.717, 1.165) is 6.07 Å². The summed E-state index contributed by atoms with van der Waals surface area (Å²) in [5, 5.41) is -0.0297. The first-order valence-electron chi connectivity index (χ1n) is 5.89. The normalized spacial score (nSPS) is 10.3. The second-order valence-electron chi connectivity index (χ2n) is 4.15. The molecule has 0 spiro atoms. The first-order chi connectivity index (χ1) is 9.97. The molecule has 0 heterocycles. The summed E-state index contributed by atoms with van der Waals surface area (Å²) in [4.78, 5) is 12.5. The van der Waals surface area contributed by atoms with Gasteiger partial charge >= 0.3 is 0 Å². The standard InChI is InChI=1S/C15H11BrClFO3/c1-20-13-6-9(10(16)7-14(13)21-2)15(19)8-3-4-11(17)12(18)5-8/h3-7H,1-2H3. The van der Waals surface area contributed by atoms with E-state index in [1.165, 1.54) is 32.4 Å². The molecule has 0 atom stereocenters. The van der Waals surface area contributed by atoms with Crippen LogP contribution in [0.5, 0.6) is 11.5 Å². The molecule has 0 radical (unpaired) electrons. The second kappa shape index (κ2) is 6.45. The smallest absolute Gasteiger partial charge is 0.194 e. The van der Waals surface area contributed by atoms with Crippen LogP contribution in [0.2, 0.25) is 5.02 Å². The molecule has 2 rings (SSSR count). The lowest BCUT2D eigenvalue weighted by molar-refractivity contribution is 0.103. The number of hydrogen-bond acceptors (Lipinski definition) is 3. The average Bonchev–Trinajstić information content (AvgIpc) is 2.49. The van der Waals surface area contributed by atoms with Crippen LogP contribution < -0.4 is 9.47 Å². The van der Waals surface area contributed by atoms with Crippen molar-refractivity contribution < 1.29 is 18.7 Å². The molecule has 2 aromatic carbocycles. The number of benzene rings is 2. The number of ketones is 1. The van der Waals surface area contributed by atoms with Gasteiger partial charge in [0.25, 0.3) is 0 Å². The van der Waals surface area contributed by atoms with Gasteiger partial charge in [0.2, 0.25) is 0 Å². The molecular weight excluding hydrogens is 363 g/mol. The lowest BCUT2D eigenvalue weighted by atomic mass is 10.0. The van der Waals surface area contributed by atoms with Gasteiger partial charge in [-0.1, -0.05) is 11.6 Å². The van der Waals surface area contributed by atoms with Gasteiger partial charge < -0.3 is 9.47 Å². The van der Waals surface area contributed by atoms with Gasteiger partial charge in [0, 0.05) is 15.6 Å². The molecular formula is C15H11BrClFO3. The van der Waals surface area contributed by atoms with Gasteiger partial charge in [0.05, 0.1) is 19.2 Å². The van der Waals surface area contributed by atoms with Crippen molar-refractivity contribution in [2.45, 2.75) is 0 Å². The number of carbonyl (C=O) groups is 1. The van der Waals surface area contributed by atoms with E-state index in [0.29, 0.717) is 21.5 Å². The molecule has 0 saturated carbocycles. The molecule has 6 heteroatoms. The van der Waals surface area contributed by atoms with Gasteiger partial charge in [-0.15, -0.1) is 0 Å². The Labute approximate surface area is 134 Å². The summed E-state index contributed by atoms with van der Waals surface area (Å²) in [6, 6.07) is 7.08. The van der Waals surface area contributed by atoms with Crippen molar-refractivity contribution in [1.82, 2.24) is 0 Å². The third kappa shape index (κ3) is 3.19. The van der Waals surface area contributed by atoms with Crippen LogP contribution in [0.15, 0.2) is 34.8 Å². The van der Waals surface area contributed by atoms with Crippen LogP contribution in [0.1, 0.15) is 15.9 Å². The molecule has 21 heavy (non-hydrogen) atoms. The highest BCUT2D eigenvalue weighted by Gasteiger charge is 2.18. The Morgan fingerprint density at radius 1 is 1.14 bits per heavy atom. The van der Waals surface area contributed by atoms with E-state index in [9.17, 15) is 9.18 Å². The zero-order valence-electron chi connectivity index (χ0n) is 11.2. The number of methoxy groups -OCH3 is 2. The molecule has 110 valence electrons. The molecule has 3 nitrogen and oxygen atoms in total. The van der Waals surface area contributed by atoms with Gasteiger partial charge in [0.1, 0.15) is 5.82 Å². The number of carbonyl (C=O) groups excluding carboxylic acids is 1. The second-order valence-corrected chi connectivity index (χ2v) is 5.41. The molecule has 0 aliphatic heterocycles. The topological polar surface area (TPSA) is 35.5 Å². The van der Waals surface area contributed by atoms with Crippen molar-refractivity contribution >= 4 is 33.3 Å². The number of ether oxygens (including phenoxy) is 2. The van der Waals surface area contributed by atoms with Gasteiger partial charge in [0.15, 0.2) is 17.3 Å². The van der Waals surface area contributed by atoms with Crippen LogP contribution in [0.25, 0.3) is 0 Å². The van der Waals surface area contributed by atoms with Crippen molar-refractivity contribution in [2.75, 3.05) is 14.2 Å². The molecule has 0 saturated heterocycles. The third-order valence-electron chi connectivity index (χ3n) is 2.90. The van der Waals surface area contributed by atoms with E-state index in [2.05, 4.69) is 15.9 Å². The van der Waals surface area contributed by atoms with E-state index in [-0.39, 0.29) is 16.4 Å². The van der Waals surface area contributed by atoms with E-state index in [1.54, 1.807) is 6.07 Å². The highest BCUT2D eigenvalue weighted by atomic mass is 79.9. The Balaban J connectivity index is 2.50. The molecule has 0 aliphatic carbocycles. The maximum Gasteiger partial charge on any atom is 0.194 e. The Bertz CT molecular complexity index is 704. The summed E-state index contributed by atoms with van der Waals surface area (Å²) in [5.41, 5.74) is 0.541. The maximum absolute atomic E-state index is 13.5. The van der Waals surface area contributed by atoms with Crippen molar-refractivity contribution in [3.8, 4) is 11.5 Å². The summed E-state index contributed by atoms with van der Waals surface area (Å²) < 4.78 is 24.3. The van der Waals surface area contributed by atoms with Gasteiger partial charge in [-0.05, 0) is 46.3 Å². The molecule has 0 unspecified atom stereocenters. The van der Waals surface area contributed by atoms with Crippen molar-refractivity contribution in [3.63, 3.8) is 0 Å². The summed E-state index contributed by atoms with van der Waals surface area (Å²) in [5.74, 6) is -0.0841. The number of rotatable bonds is 4. The first kappa shape index (κ1) is 15.8. The predicted octanol–water partition coefficient (Wildman–Crippen LogP) is 4.49. The molecule has 0 N–H and O–H groups in total. The zero-order valence-corrected chi connectivity index (χ0v) is 13.6. The van der Waals surface area contributed by atoms with E-state index >= 15 is 0 Å². The highest BCUT2D eigenvalue weighted by molar-refractivity contribution is 9.10. The summed E-state index contributed by atoms with van der Waals surface area (Å²) in [6.07, 6.45) is 0. The minimum atomic E-state index is -0.640. The third-order valence-corrected chi connectivity index (χ3v) is 3.86. The fraction of sp³-hybridized carbons (Fsp3) is 0.133. The van der Waals surface area contributed by atoms with Crippen molar-refractivity contribution in [1.29, 1.82) is 0 Å². The highest BCUT2D eigenvalue weighted by Crippen LogP contribution is 2.34. The monoisotopic (exact) mass is 372 g/mol. The molecule has 0 aliphatic rings. The van der Waals surface area contributed by atoms with Gasteiger partial charge in [-0.2, -0.15) is 0 Å². The molecule has 0 aromatic heterocycles. The van der Waals surface area contributed by atoms with Crippen molar-refractivity contribution in [2.24, 2.45) is 0 Å². The Kier molecular flexibility index (Phi) is 4.85. The zero-order chi connectivity index (χ0) is 15.6. The number of halogens is 3. The number of hydrogen-bond donors (Lipinski definition) is 0. The predicted molar refractivity (Wildman–Crippen MR) is 82.1 cm³/mol. The molecule has 0 bridgehead atoms. The lowest BCUT2D eigenvalue weighted by Gasteiger charge is -2.11. The quantitative estimate of drug-likeness (QED) is 0.741. The Morgan fingerprint density at radius 3 is 2.33 bits per heavy atom.